The summed E-state index contributed by atoms with van der Waals surface area (Å²) in [5, 5.41) is 12.7. The summed E-state index contributed by atoms with van der Waals surface area (Å²) in [4.78, 5) is 13.8. The maximum atomic E-state index is 11.6. The van der Waals surface area contributed by atoms with Crippen molar-refractivity contribution in [2.75, 3.05) is 18.4 Å². The first kappa shape index (κ1) is 12.9. The predicted octanol–water partition coefficient (Wildman–Crippen LogP) is 2.04. The third-order valence-corrected chi connectivity index (χ3v) is 3.60. The standard InChI is InChI=1S/C14H20N2O2/c1-11(2)16-9-8-14(10-16,13(17)18)15-12-6-4-3-5-7-12/h3-7,11,15H,8-10H2,1-2H3,(H,17,18). The first-order valence-electron chi connectivity index (χ1n) is 6.34. The zero-order chi connectivity index (χ0) is 13.2. The Labute approximate surface area is 108 Å². The van der Waals surface area contributed by atoms with Crippen LogP contribution >= 0.6 is 0 Å². The van der Waals surface area contributed by atoms with E-state index in [2.05, 4.69) is 24.1 Å². The van der Waals surface area contributed by atoms with Crippen molar-refractivity contribution >= 4 is 11.7 Å². The summed E-state index contributed by atoms with van der Waals surface area (Å²) < 4.78 is 0. The van der Waals surface area contributed by atoms with Crippen LogP contribution in [0.15, 0.2) is 30.3 Å². The van der Waals surface area contributed by atoms with Gasteiger partial charge in [0.25, 0.3) is 0 Å². The highest BCUT2D eigenvalue weighted by molar-refractivity contribution is 5.83. The van der Waals surface area contributed by atoms with Gasteiger partial charge in [-0.1, -0.05) is 18.2 Å². The van der Waals surface area contributed by atoms with E-state index in [1.165, 1.54) is 0 Å². The van der Waals surface area contributed by atoms with Crippen LogP contribution in [0.25, 0.3) is 0 Å². The molecule has 0 saturated carbocycles. The molecular weight excluding hydrogens is 228 g/mol. The molecule has 0 radical (unpaired) electrons. The van der Waals surface area contributed by atoms with E-state index >= 15 is 0 Å². The number of nitrogens with one attached hydrogen (secondary N) is 1. The van der Waals surface area contributed by atoms with Gasteiger partial charge in [-0.2, -0.15) is 0 Å². The lowest BCUT2D eigenvalue weighted by atomic mass is 9.98. The molecule has 2 N–H and O–H groups in total. The Balaban J connectivity index is 2.17. The molecule has 1 unspecified atom stereocenters. The fourth-order valence-corrected chi connectivity index (χ4v) is 2.41. The number of rotatable bonds is 4. The summed E-state index contributed by atoms with van der Waals surface area (Å²) in [6.45, 7) is 5.57. The number of benzene rings is 1. The molecule has 1 atom stereocenters. The van der Waals surface area contributed by atoms with Crippen LogP contribution in [0.1, 0.15) is 20.3 Å². The lowest BCUT2D eigenvalue weighted by Gasteiger charge is -2.28. The second-order valence-corrected chi connectivity index (χ2v) is 5.19. The molecule has 1 aromatic carbocycles. The highest BCUT2D eigenvalue weighted by Gasteiger charge is 2.45. The van der Waals surface area contributed by atoms with Crippen molar-refractivity contribution in [3.05, 3.63) is 30.3 Å². The molecule has 1 heterocycles. The molecule has 1 fully saturated rings. The number of hydrogen-bond donors (Lipinski definition) is 2. The molecule has 0 bridgehead atoms. The van der Waals surface area contributed by atoms with E-state index in [-0.39, 0.29) is 0 Å². The molecular formula is C14H20N2O2. The summed E-state index contributed by atoms with van der Waals surface area (Å²) >= 11 is 0. The number of nitrogens with zero attached hydrogens (tertiary/aromatic N) is 1. The lowest BCUT2D eigenvalue weighted by Crippen LogP contribution is -2.49. The van der Waals surface area contributed by atoms with Crippen LogP contribution in [-0.4, -0.2) is 40.6 Å². The first-order chi connectivity index (χ1) is 8.53. The average Bonchev–Trinajstić information content (AvgIpc) is 2.76. The number of para-hydroxylation sites is 1. The van der Waals surface area contributed by atoms with Gasteiger partial charge in [0.05, 0.1) is 0 Å². The molecule has 4 heteroatoms. The topological polar surface area (TPSA) is 52.6 Å². The monoisotopic (exact) mass is 248 g/mol. The number of anilines is 1. The molecule has 1 aliphatic heterocycles. The van der Waals surface area contributed by atoms with Gasteiger partial charge in [0.2, 0.25) is 0 Å². The molecule has 1 aromatic rings. The number of hydrogen-bond acceptors (Lipinski definition) is 3. The van der Waals surface area contributed by atoms with Crippen molar-refractivity contribution in [3.63, 3.8) is 0 Å². The molecule has 98 valence electrons. The van der Waals surface area contributed by atoms with E-state index in [4.69, 9.17) is 0 Å². The van der Waals surface area contributed by atoms with E-state index in [0.29, 0.717) is 19.0 Å². The van der Waals surface area contributed by atoms with Crippen molar-refractivity contribution in [2.24, 2.45) is 0 Å². The van der Waals surface area contributed by atoms with Crippen LogP contribution in [0, 0.1) is 0 Å². The van der Waals surface area contributed by atoms with Crippen molar-refractivity contribution in [1.82, 2.24) is 4.90 Å². The van der Waals surface area contributed by atoms with Crippen molar-refractivity contribution in [2.45, 2.75) is 31.8 Å². The Bertz CT molecular complexity index is 419. The van der Waals surface area contributed by atoms with Gasteiger partial charge < -0.3 is 10.4 Å². The first-order valence-corrected chi connectivity index (χ1v) is 6.34. The SMILES string of the molecule is CC(C)N1CCC(Nc2ccccc2)(C(=O)O)C1. The maximum absolute atomic E-state index is 11.6. The average molecular weight is 248 g/mol. The maximum Gasteiger partial charge on any atom is 0.330 e. The predicted molar refractivity (Wildman–Crippen MR) is 71.8 cm³/mol. The highest BCUT2D eigenvalue weighted by atomic mass is 16.4. The minimum absolute atomic E-state index is 0.379. The largest absolute Gasteiger partial charge is 0.479 e. The van der Waals surface area contributed by atoms with Gasteiger partial charge in [0.15, 0.2) is 0 Å². The van der Waals surface area contributed by atoms with E-state index in [0.717, 1.165) is 12.2 Å². The Kier molecular flexibility index (Phi) is 3.57. The smallest absolute Gasteiger partial charge is 0.330 e. The van der Waals surface area contributed by atoms with E-state index in [9.17, 15) is 9.90 Å². The van der Waals surface area contributed by atoms with E-state index in [1.807, 2.05) is 30.3 Å². The van der Waals surface area contributed by atoms with Crippen molar-refractivity contribution in [3.8, 4) is 0 Å². The van der Waals surface area contributed by atoms with Crippen LogP contribution < -0.4 is 5.32 Å². The zero-order valence-corrected chi connectivity index (χ0v) is 10.9. The van der Waals surface area contributed by atoms with Gasteiger partial charge in [-0.05, 0) is 32.4 Å². The van der Waals surface area contributed by atoms with Gasteiger partial charge in [-0.3, -0.25) is 4.90 Å². The number of carbonyl (C=O) groups is 1. The number of aliphatic carboxylic acids is 1. The van der Waals surface area contributed by atoms with Gasteiger partial charge in [-0.15, -0.1) is 0 Å². The Morgan fingerprint density at radius 3 is 2.56 bits per heavy atom. The molecule has 2 rings (SSSR count). The summed E-state index contributed by atoms with van der Waals surface area (Å²) in [7, 11) is 0. The summed E-state index contributed by atoms with van der Waals surface area (Å²) in [5.41, 5.74) is 0.0107. The Hall–Kier alpha value is -1.55. The van der Waals surface area contributed by atoms with Gasteiger partial charge in [0.1, 0.15) is 5.54 Å². The minimum atomic E-state index is -0.856. The van der Waals surface area contributed by atoms with Crippen LogP contribution in [0.3, 0.4) is 0 Å². The van der Waals surface area contributed by atoms with Crippen LogP contribution in [0.2, 0.25) is 0 Å². The summed E-state index contributed by atoms with van der Waals surface area (Å²) in [6.07, 6.45) is 0.634. The summed E-state index contributed by atoms with van der Waals surface area (Å²) in [5.74, 6) is -0.769. The van der Waals surface area contributed by atoms with Crippen LogP contribution in [0.5, 0.6) is 0 Å². The minimum Gasteiger partial charge on any atom is -0.479 e. The van der Waals surface area contributed by atoms with E-state index < -0.39 is 11.5 Å². The molecule has 0 aromatic heterocycles. The molecule has 0 aliphatic carbocycles. The quantitative estimate of drug-likeness (QED) is 0.856. The normalized spacial score (nSPS) is 24.4. The van der Waals surface area contributed by atoms with Crippen LogP contribution in [0.4, 0.5) is 5.69 Å². The van der Waals surface area contributed by atoms with Gasteiger partial charge in [0, 0.05) is 24.8 Å². The molecule has 0 spiro atoms. The fourth-order valence-electron chi connectivity index (χ4n) is 2.41. The summed E-state index contributed by atoms with van der Waals surface area (Å²) in [6, 6.07) is 9.93. The molecule has 1 saturated heterocycles. The number of carboxylic acids is 1. The third-order valence-electron chi connectivity index (χ3n) is 3.60. The molecule has 18 heavy (non-hydrogen) atoms. The second kappa shape index (κ2) is 4.98. The van der Waals surface area contributed by atoms with Gasteiger partial charge in [-0.25, -0.2) is 4.79 Å². The third kappa shape index (κ3) is 2.48. The molecule has 4 nitrogen and oxygen atoms in total. The lowest BCUT2D eigenvalue weighted by molar-refractivity contribution is -0.141. The highest BCUT2D eigenvalue weighted by Crippen LogP contribution is 2.27. The second-order valence-electron chi connectivity index (χ2n) is 5.19. The van der Waals surface area contributed by atoms with Gasteiger partial charge >= 0.3 is 5.97 Å². The zero-order valence-electron chi connectivity index (χ0n) is 10.9. The van der Waals surface area contributed by atoms with Crippen LogP contribution in [-0.2, 0) is 4.79 Å². The fraction of sp³-hybridized carbons (Fsp3) is 0.500. The Morgan fingerprint density at radius 1 is 1.39 bits per heavy atom. The molecule has 1 aliphatic rings. The van der Waals surface area contributed by atoms with Crippen molar-refractivity contribution < 1.29 is 9.90 Å². The van der Waals surface area contributed by atoms with Crippen molar-refractivity contribution in [1.29, 1.82) is 0 Å². The Morgan fingerprint density at radius 2 is 2.06 bits per heavy atom. The number of likely N-dealkylation sites (tertiary alicyclic amines) is 1. The number of carboxylic acid groups (broad SMARTS) is 1. The molecule has 0 amide bonds. The van der Waals surface area contributed by atoms with E-state index in [1.54, 1.807) is 0 Å².